The topological polar surface area (TPSA) is 78.7 Å². The Morgan fingerprint density at radius 1 is 1.25 bits per heavy atom. The van der Waals surface area contributed by atoms with E-state index in [0.29, 0.717) is 13.1 Å². The number of hydrogen-bond acceptors (Lipinski definition) is 4. The standard InChI is InChI=1S/C5H14N4O2S/c1-8-2-4-9(5-3-8)12(10,11)7-6/h7H,2-6H2,1H3. The van der Waals surface area contributed by atoms with Crippen LogP contribution in [0.15, 0.2) is 0 Å². The normalized spacial score (nSPS) is 22.8. The van der Waals surface area contributed by atoms with E-state index in [-0.39, 0.29) is 0 Å². The van der Waals surface area contributed by atoms with E-state index in [4.69, 9.17) is 5.84 Å². The first-order chi connectivity index (χ1) is 5.56. The molecule has 0 bridgehead atoms. The largest absolute Gasteiger partial charge is 0.304 e. The molecule has 12 heavy (non-hydrogen) atoms. The average molecular weight is 194 g/mol. The molecule has 1 fully saturated rings. The Hall–Kier alpha value is -0.210. The van der Waals surface area contributed by atoms with Gasteiger partial charge >= 0.3 is 0 Å². The summed E-state index contributed by atoms with van der Waals surface area (Å²) in [7, 11) is -1.45. The van der Waals surface area contributed by atoms with E-state index < -0.39 is 10.2 Å². The van der Waals surface area contributed by atoms with Crippen molar-refractivity contribution in [1.82, 2.24) is 14.0 Å². The van der Waals surface area contributed by atoms with E-state index in [0.717, 1.165) is 13.1 Å². The molecule has 6 nitrogen and oxygen atoms in total. The lowest BCUT2D eigenvalue weighted by Crippen LogP contribution is -2.52. The summed E-state index contributed by atoms with van der Waals surface area (Å²) in [5.41, 5.74) is 0. The molecule has 1 aliphatic rings. The number of rotatable bonds is 2. The maximum atomic E-state index is 11.1. The van der Waals surface area contributed by atoms with Gasteiger partial charge in [0, 0.05) is 26.2 Å². The summed E-state index contributed by atoms with van der Waals surface area (Å²) in [4.78, 5) is 3.88. The van der Waals surface area contributed by atoms with Crippen molar-refractivity contribution in [2.75, 3.05) is 33.2 Å². The number of nitrogens with one attached hydrogen (secondary N) is 1. The molecule has 1 rings (SSSR count). The van der Waals surface area contributed by atoms with Crippen molar-refractivity contribution < 1.29 is 8.42 Å². The van der Waals surface area contributed by atoms with Gasteiger partial charge in [0.15, 0.2) is 0 Å². The Morgan fingerprint density at radius 2 is 1.75 bits per heavy atom. The second-order valence-corrected chi connectivity index (χ2v) is 4.53. The highest BCUT2D eigenvalue weighted by Crippen LogP contribution is 2.02. The molecule has 0 aromatic rings. The van der Waals surface area contributed by atoms with E-state index in [1.54, 1.807) is 4.83 Å². The van der Waals surface area contributed by atoms with Crippen molar-refractivity contribution in [2.45, 2.75) is 0 Å². The summed E-state index contributed by atoms with van der Waals surface area (Å²) in [5, 5.41) is 0. The van der Waals surface area contributed by atoms with Crippen molar-refractivity contribution >= 4 is 10.2 Å². The van der Waals surface area contributed by atoms with Gasteiger partial charge in [0.2, 0.25) is 0 Å². The highest BCUT2D eigenvalue weighted by molar-refractivity contribution is 7.87. The fourth-order valence-electron chi connectivity index (χ4n) is 1.10. The molecule has 1 aliphatic heterocycles. The second-order valence-electron chi connectivity index (χ2n) is 2.83. The number of piperazine rings is 1. The third-order valence-electron chi connectivity index (χ3n) is 1.95. The van der Waals surface area contributed by atoms with Gasteiger partial charge in [-0.15, -0.1) is 4.83 Å². The van der Waals surface area contributed by atoms with Gasteiger partial charge in [-0.05, 0) is 7.05 Å². The van der Waals surface area contributed by atoms with Crippen LogP contribution >= 0.6 is 0 Å². The number of nitrogens with two attached hydrogens (primary N) is 1. The number of likely N-dealkylation sites (N-methyl/N-ethyl adjacent to an activating group) is 1. The maximum Gasteiger partial charge on any atom is 0.292 e. The van der Waals surface area contributed by atoms with E-state index in [1.807, 2.05) is 7.05 Å². The lowest BCUT2D eigenvalue weighted by Gasteiger charge is -2.30. The molecule has 72 valence electrons. The van der Waals surface area contributed by atoms with Crippen LogP contribution in [-0.2, 0) is 10.2 Å². The van der Waals surface area contributed by atoms with Crippen LogP contribution in [0.5, 0.6) is 0 Å². The van der Waals surface area contributed by atoms with Crippen LogP contribution in [0.4, 0.5) is 0 Å². The van der Waals surface area contributed by atoms with Gasteiger partial charge in [0.25, 0.3) is 10.2 Å². The molecule has 0 saturated carbocycles. The SMILES string of the molecule is CN1CCN(S(=O)(=O)NN)CC1. The summed E-state index contributed by atoms with van der Waals surface area (Å²) < 4.78 is 23.6. The minimum Gasteiger partial charge on any atom is -0.304 e. The lowest BCUT2D eigenvalue weighted by atomic mass is 10.4. The number of hydrazine groups is 1. The van der Waals surface area contributed by atoms with Crippen LogP contribution in [0, 0.1) is 0 Å². The zero-order chi connectivity index (χ0) is 9.19. The Balaban J connectivity index is 2.56. The Bertz CT molecular complexity index is 232. The summed E-state index contributed by atoms with van der Waals surface area (Å²) in [6, 6.07) is 0. The third-order valence-corrected chi connectivity index (χ3v) is 3.29. The smallest absolute Gasteiger partial charge is 0.292 e. The van der Waals surface area contributed by atoms with Crippen molar-refractivity contribution in [3.8, 4) is 0 Å². The van der Waals surface area contributed by atoms with E-state index in [9.17, 15) is 8.42 Å². The highest BCUT2D eigenvalue weighted by atomic mass is 32.2. The average Bonchev–Trinajstić information content (AvgIpc) is 2.05. The summed E-state index contributed by atoms with van der Waals surface area (Å²) >= 11 is 0. The third kappa shape index (κ3) is 2.14. The highest BCUT2D eigenvalue weighted by Gasteiger charge is 2.23. The van der Waals surface area contributed by atoms with Gasteiger partial charge < -0.3 is 4.90 Å². The maximum absolute atomic E-state index is 11.1. The molecule has 1 saturated heterocycles. The van der Waals surface area contributed by atoms with Gasteiger partial charge in [0.05, 0.1) is 0 Å². The molecule has 3 N–H and O–H groups in total. The first kappa shape index (κ1) is 9.87. The fraction of sp³-hybridized carbons (Fsp3) is 1.00. The van der Waals surface area contributed by atoms with Crippen molar-refractivity contribution in [1.29, 1.82) is 0 Å². The minimum absolute atomic E-state index is 0.503. The first-order valence-corrected chi connectivity index (χ1v) is 5.16. The first-order valence-electron chi connectivity index (χ1n) is 3.72. The van der Waals surface area contributed by atoms with Gasteiger partial charge in [-0.1, -0.05) is 0 Å². The number of hydrogen-bond donors (Lipinski definition) is 2. The van der Waals surface area contributed by atoms with Gasteiger partial charge in [-0.3, -0.25) is 5.84 Å². The molecule has 0 unspecified atom stereocenters. The van der Waals surface area contributed by atoms with Crippen molar-refractivity contribution in [3.05, 3.63) is 0 Å². The minimum atomic E-state index is -3.41. The molecule has 7 heteroatoms. The molecule has 0 aliphatic carbocycles. The Kier molecular flexibility index (Phi) is 3.02. The van der Waals surface area contributed by atoms with E-state index in [2.05, 4.69) is 4.90 Å². The van der Waals surface area contributed by atoms with Gasteiger partial charge in [0.1, 0.15) is 0 Å². The molecule has 0 atom stereocenters. The van der Waals surface area contributed by atoms with Crippen molar-refractivity contribution in [3.63, 3.8) is 0 Å². The fourth-order valence-corrected chi connectivity index (χ4v) is 1.90. The van der Waals surface area contributed by atoms with Crippen molar-refractivity contribution in [2.24, 2.45) is 5.84 Å². The van der Waals surface area contributed by atoms with E-state index in [1.165, 1.54) is 4.31 Å². The lowest BCUT2D eigenvalue weighted by molar-refractivity contribution is 0.221. The monoisotopic (exact) mass is 194 g/mol. The molecular weight excluding hydrogens is 180 g/mol. The van der Waals surface area contributed by atoms with Gasteiger partial charge in [-0.2, -0.15) is 12.7 Å². The molecule has 0 aromatic carbocycles. The second kappa shape index (κ2) is 3.67. The zero-order valence-corrected chi connectivity index (χ0v) is 7.84. The molecule has 0 spiro atoms. The van der Waals surface area contributed by atoms with Crippen LogP contribution in [0.3, 0.4) is 0 Å². The molecule has 0 amide bonds. The molecular formula is C5H14N4O2S. The van der Waals surface area contributed by atoms with Crippen LogP contribution in [0.25, 0.3) is 0 Å². The quantitative estimate of drug-likeness (QED) is 0.391. The Labute approximate surface area is 72.5 Å². The van der Waals surface area contributed by atoms with Crippen LogP contribution in [-0.4, -0.2) is 50.8 Å². The predicted molar refractivity (Wildman–Crippen MR) is 45.3 cm³/mol. The summed E-state index contributed by atoms with van der Waals surface area (Å²) in [6.45, 7) is 2.51. The number of nitrogens with zero attached hydrogens (tertiary/aromatic N) is 2. The van der Waals surface area contributed by atoms with Gasteiger partial charge in [-0.25, -0.2) is 0 Å². The summed E-state index contributed by atoms with van der Waals surface area (Å²) in [6.07, 6.45) is 0. The predicted octanol–water partition coefficient (Wildman–Crippen LogP) is -2.06. The molecule has 0 radical (unpaired) electrons. The van der Waals surface area contributed by atoms with E-state index >= 15 is 0 Å². The molecule has 0 aromatic heterocycles. The molecule has 1 heterocycles. The van der Waals surface area contributed by atoms with Crippen LogP contribution in [0.1, 0.15) is 0 Å². The zero-order valence-electron chi connectivity index (χ0n) is 7.02. The Morgan fingerprint density at radius 3 is 2.17 bits per heavy atom. The van der Waals surface area contributed by atoms with Crippen LogP contribution in [0.2, 0.25) is 0 Å². The van der Waals surface area contributed by atoms with Crippen LogP contribution < -0.4 is 10.7 Å². The summed E-state index contributed by atoms with van der Waals surface area (Å²) in [5.74, 6) is 4.88.